The quantitative estimate of drug-likeness (QED) is 0.859. The molecule has 0 saturated heterocycles. The highest BCUT2D eigenvalue weighted by Gasteiger charge is 2.12. The van der Waals surface area contributed by atoms with E-state index >= 15 is 0 Å². The maximum Gasteiger partial charge on any atom is 0.207 e. The zero-order valence-corrected chi connectivity index (χ0v) is 12.1. The van der Waals surface area contributed by atoms with Gasteiger partial charge < -0.3 is 10.1 Å². The van der Waals surface area contributed by atoms with Gasteiger partial charge in [0.05, 0.1) is 13.2 Å². The number of hydrogen-bond acceptors (Lipinski definition) is 2. The maximum absolute atomic E-state index is 10.8. The van der Waals surface area contributed by atoms with E-state index in [-0.39, 0.29) is 6.04 Å². The standard InChI is InChI=1S/C15H14BrNO2/c1-19-14-8-4-12(5-9-14)15(17-10-18)11-2-6-13(16)7-3-11/h2-10,15H,1H3,(H,17,18). The molecule has 0 spiro atoms. The fraction of sp³-hybridized carbons (Fsp3) is 0.133. The normalized spacial score (nSPS) is 11.7. The zero-order chi connectivity index (χ0) is 13.7. The van der Waals surface area contributed by atoms with Gasteiger partial charge in [0.25, 0.3) is 0 Å². The van der Waals surface area contributed by atoms with Gasteiger partial charge in [-0.1, -0.05) is 40.2 Å². The van der Waals surface area contributed by atoms with E-state index in [9.17, 15) is 4.79 Å². The summed E-state index contributed by atoms with van der Waals surface area (Å²) in [4.78, 5) is 10.8. The van der Waals surface area contributed by atoms with Gasteiger partial charge in [0.1, 0.15) is 5.75 Å². The molecule has 0 bridgehead atoms. The first-order chi connectivity index (χ1) is 9.24. The second kappa shape index (κ2) is 6.38. The van der Waals surface area contributed by atoms with E-state index in [0.717, 1.165) is 27.8 Å². The molecule has 0 radical (unpaired) electrons. The third-order valence-electron chi connectivity index (χ3n) is 2.89. The number of nitrogens with one attached hydrogen (secondary N) is 1. The molecule has 98 valence electrons. The summed E-state index contributed by atoms with van der Waals surface area (Å²) in [6.45, 7) is 0. The van der Waals surface area contributed by atoms with E-state index in [1.165, 1.54) is 0 Å². The molecule has 2 rings (SSSR count). The second-order valence-electron chi connectivity index (χ2n) is 4.04. The van der Waals surface area contributed by atoms with Crippen LogP contribution in [0.2, 0.25) is 0 Å². The number of hydrogen-bond donors (Lipinski definition) is 1. The minimum Gasteiger partial charge on any atom is -0.497 e. The molecule has 1 amide bonds. The van der Waals surface area contributed by atoms with Crippen molar-refractivity contribution >= 4 is 22.3 Å². The van der Waals surface area contributed by atoms with Gasteiger partial charge in [-0.2, -0.15) is 0 Å². The fourth-order valence-corrected chi connectivity index (χ4v) is 2.17. The molecule has 0 aliphatic heterocycles. The molecule has 2 aromatic rings. The van der Waals surface area contributed by atoms with Gasteiger partial charge in [0.2, 0.25) is 6.41 Å². The molecule has 3 nitrogen and oxygen atoms in total. The molecule has 19 heavy (non-hydrogen) atoms. The molecule has 0 heterocycles. The van der Waals surface area contributed by atoms with Crippen LogP contribution in [0.15, 0.2) is 53.0 Å². The molecule has 1 unspecified atom stereocenters. The van der Waals surface area contributed by atoms with Crippen molar-refractivity contribution in [3.05, 3.63) is 64.1 Å². The van der Waals surface area contributed by atoms with Crippen molar-refractivity contribution in [1.29, 1.82) is 0 Å². The van der Waals surface area contributed by atoms with E-state index in [1.54, 1.807) is 7.11 Å². The maximum atomic E-state index is 10.8. The van der Waals surface area contributed by atoms with Crippen molar-refractivity contribution in [2.75, 3.05) is 7.11 Å². The van der Waals surface area contributed by atoms with E-state index in [0.29, 0.717) is 0 Å². The molecule has 0 aromatic heterocycles. The van der Waals surface area contributed by atoms with Crippen LogP contribution in [0.3, 0.4) is 0 Å². The predicted octanol–water partition coefficient (Wildman–Crippen LogP) is 3.29. The van der Waals surface area contributed by atoms with Crippen LogP contribution in [0.4, 0.5) is 0 Å². The summed E-state index contributed by atoms with van der Waals surface area (Å²) in [7, 11) is 1.63. The number of rotatable bonds is 5. The lowest BCUT2D eigenvalue weighted by Crippen LogP contribution is -2.20. The number of carbonyl (C=O) groups is 1. The smallest absolute Gasteiger partial charge is 0.207 e. The zero-order valence-electron chi connectivity index (χ0n) is 10.5. The van der Waals surface area contributed by atoms with Crippen molar-refractivity contribution in [2.45, 2.75) is 6.04 Å². The van der Waals surface area contributed by atoms with E-state index in [1.807, 2.05) is 48.5 Å². The van der Waals surface area contributed by atoms with Crippen LogP contribution in [0.25, 0.3) is 0 Å². The van der Waals surface area contributed by atoms with E-state index in [2.05, 4.69) is 21.2 Å². The molecule has 0 aliphatic carbocycles. The minimum atomic E-state index is -0.156. The Balaban J connectivity index is 2.32. The second-order valence-corrected chi connectivity index (χ2v) is 4.96. The average molecular weight is 320 g/mol. The lowest BCUT2D eigenvalue weighted by atomic mass is 9.99. The number of amides is 1. The molecule has 0 aliphatic rings. The lowest BCUT2D eigenvalue weighted by Gasteiger charge is -2.17. The van der Waals surface area contributed by atoms with Gasteiger partial charge in [-0.15, -0.1) is 0 Å². The Kier molecular flexibility index (Phi) is 4.58. The molecular weight excluding hydrogens is 306 g/mol. The highest BCUT2D eigenvalue weighted by atomic mass is 79.9. The largest absolute Gasteiger partial charge is 0.497 e. The Labute approximate surface area is 120 Å². The summed E-state index contributed by atoms with van der Waals surface area (Å²) < 4.78 is 6.14. The summed E-state index contributed by atoms with van der Waals surface area (Å²) >= 11 is 3.40. The van der Waals surface area contributed by atoms with Crippen LogP contribution in [-0.4, -0.2) is 13.5 Å². The first-order valence-corrected chi connectivity index (χ1v) is 6.63. The summed E-state index contributed by atoms with van der Waals surface area (Å²) in [5.41, 5.74) is 2.04. The van der Waals surface area contributed by atoms with Crippen molar-refractivity contribution in [2.24, 2.45) is 0 Å². The van der Waals surface area contributed by atoms with Crippen LogP contribution < -0.4 is 10.1 Å². The van der Waals surface area contributed by atoms with E-state index < -0.39 is 0 Å². The van der Waals surface area contributed by atoms with Gasteiger partial charge in [0, 0.05) is 4.47 Å². The average Bonchev–Trinajstić information content (AvgIpc) is 2.46. The minimum absolute atomic E-state index is 0.156. The topological polar surface area (TPSA) is 38.3 Å². The number of halogens is 1. The molecular formula is C15H14BrNO2. The molecule has 0 fully saturated rings. The fourth-order valence-electron chi connectivity index (χ4n) is 1.90. The molecule has 1 N–H and O–H groups in total. The Bertz CT molecular complexity index is 537. The van der Waals surface area contributed by atoms with Gasteiger partial charge >= 0.3 is 0 Å². The van der Waals surface area contributed by atoms with Gasteiger partial charge in [-0.25, -0.2) is 0 Å². The first kappa shape index (κ1) is 13.6. The monoisotopic (exact) mass is 319 g/mol. The molecule has 1 atom stereocenters. The van der Waals surface area contributed by atoms with Crippen molar-refractivity contribution in [3.8, 4) is 5.75 Å². The highest BCUT2D eigenvalue weighted by Crippen LogP contribution is 2.25. The van der Waals surface area contributed by atoms with Crippen LogP contribution in [0.1, 0.15) is 17.2 Å². The van der Waals surface area contributed by atoms with Gasteiger partial charge in [-0.05, 0) is 35.4 Å². The SMILES string of the molecule is COc1ccc(C(NC=O)c2ccc(Br)cc2)cc1. The van der Waals surface area contributed by atoms with Crippen molar-refractivity contribution in [3.63, 3.8) is 0 Å². The van der Waals surface area contributed by atoms with Crippen LogP contribution >= 0.6 is 15.9 Å². The summed E-state index contributed by atoms with van der Waals surface area (Å²) in [5, 5.41) is 2.84. The van der Waals surface area contributed by atoms with Crippen LogP contribution in [-0.2, 0) is 4.79 Å². The van der Waals surface area contributed by atoms with Crippen molar-refractivity contribution < 1.29 is 9.53 Å². The summed E-state index contributed by atoms with van der Waals surface area (Å²) in [5.74, 6) is 0.796. The third-order valence-corrected chi connectivity index (χ3v) is 3.42. The molecule has 0 saturated carbocycles. The third kappa shape index (κ3) is 3.35. The van der Waals surface area contributed by atoms with Crippen LogP contribution in [0.5, 0.6) is 5.75 Å². The number of methoxy groups -OCH3 is 1. The summed E-state index contributed by atoms with van der Waals surface area (Å²) in [6, 6.07) is 15.4. The van der Waals surface area contributed by atoms with Gasteiger partial charge in [-0.3, -0.25) is 4.79 Å². The number of benzene rings is 2. The summed E-state index contributed by atoms with van der Waals surface area (Å²) in [6.07, 6.45) is 0.719. The number of ether oxygens (including phenoxy) is 1. The van der Waals surface area contributed by atoms with Gasteiger partial charge in [0.15, 0.2) is 0 Å². The highest BCUT2D eigenvalue weighted by molar-refractivity contribution is 9.10. The Morgan fingerprint density at radius 3 is 2.05 bits per heavy atom. The molecule has 4 heteroatoms. The number of carbonyl (C=O) groups excluding carboxylic acids is 1. The predicted molar refractivity (Wildman–Crippen MR) is 78.2 cm³/mol. The Morgan fingerprint density at radius 2 is 1.58 bits per heavy atom. The lowest BCUT2D eigenvalue weighted by molar-refractivity contribution is -0.110. The van der Waals surface area contributed by atoms with Crippen LogP contribution in [0, 0.1) is 0 Å². The first-order valence-electron chi connectivity index (χ1n) is 5.83. The Hall–Kier alpha value is -1.81. The van der Waals surface area contributed by atoms with E-state index in [4.69, 9.17) is 4.74 Å². The molecule has 2 aromatic carbocycles. The Morgan fingerprint density at radius 1 is 1.05 bits per heavy atom. The van der Waals surface area contributed by atoms with Crippen molar-refractivity contribution in [1.82, 2.24) is 5.32 Å².